The second-order valence-electron chi connectivity index (χ2n) is 5.73. The molecule has 0 aliphatic carbocycles. The molecule has 4 nitrogen and oxygen atoms in total. The lowest BCUT2D eigenvalue weighted by Gasteiger charge is -2.10. The van der Waals surface area contributed by atoms with Crippen LogP contribution in [0.15, 0.2) is 66.7 Å². The van der Waals surface area contributed by atoms with Crippen LogP contribution in [-0.2, 0) is 0 Å². The third-order valence-corrected chi connectivity index (χ3v) is 3.69. The second-order valence-corrected chi connectivity index (χ2v) is 5.73. The van der Waals surface area contributed by atoms with Crippen LogP contribution in [0.4, 0.5) is 13.2 Å². The number of pyridine rings is 1. The molecule has 0 unspecified atom stereocenters. The number of alkyl halides is 3. The second kappa shape index (κ2) is 7.49. The van der Waals surface area contributed by atoms with Gasteiger partial charge in [0.15, 0.2) is 6.61 Å². The van der Waals surface area contributed by atoms with Gasteiger partial charge in [-0.3, -0.25) is 0 Å². The standard InChI is InChI=1S/C20H14F3NO3/c21-20(22,23)12-27-16-8-6-14(7-9-16)18-11-15(19(25)26)10-17(24-18)13-4-2-1-3-5-13/h1-11H,12H2,(H,25,26). The fraction of sp³-hybridized carbons (Fsp3) is 0.100. The van der Waals surface area contributed by atoms with E-state index in [9.17, 15) is 23.1 Å². The van der Waals surface area contributed by atoms with Crippen LogP contribution >= 0.6 is 0 Å². The van der Waals surface area contributed by atoms with Crippen molar-refractivity contribution in [2.75, 3.05) is 6.61 Å². The van der Waals surface area contributed by atoms with E-state index in [1.165, 1.54) is 36.4 Å². The maximum Gasteiger partial charge on any atom is 0.422 e. The van der Waals surface area contributed by atoms with Gasteiger partial charge in [0, 0.05) is 11.1 Å². The van der Waals surface area contributed by atoms with Gasteiger partial charge in [0.25, 0.3) is 0 Å². The van der Waals surface area contributed by atoms with Crippen LogP contribution in [0, 0.1) is 0 Å². The number of carboxylic acids is 1. The van der Waals surface area contributed by atoms with Crippen LogP contribution in [0.25, 0.3) is 22.5 Å². The summed E-state index contributed by atoms with van der Waals surface area (Å²) in [6, 6.07) is 17.8. The quantitative estimate of drug-likeness (QED) is 0.680. The smallest absolute Gasteiger partial charge is 0.422 e. The summed E-state index contributed by atoms with van der Waals surface area (Å²) in [7, 11) is 0. The molecule has 0 aliphatic heterocycles. The summed E-state index contributed by atoms with van der Waals surface area (Å²) in [5, 5.41) is 9.36. The molecule has 0 saturated carbocycles. The Hall–Kier alpha value is -3.35. The first-order valence-electron chi connectivity index (χ1n) is 7.92. The minimum absolute atomic E-state index is 0.0637. The van der Waals surface area contributed by atoms with E-state index in [1.54, 1.807) is 0 Å². The fourth-order valence-corrected chi connectivity index (χ4v) is 2.45. The van der Waals surface area contributed by atoms with Crippen molar-refractivity contribution in [2.45, 2.75) is 6.18 Å². The number of benzene rings is 2. The Balaban J connectivity index is 1.94. The molecule has 3 rings (SSSR count). The summed E-state index contributed by atoms with van der Waals surface area (Å²) in [6.45, 7) is -1.38. The van der Waals surface area contributed by atoms with Gasteiger partial charge in [0.2, 0.25) is 0 Å². The normalized spacial score (nSPS) is 11.2. The Morgan fingerprint density at radius 2 is 1.48 bits per heavy atom. The molecule has 0 saturated heterocycles. The van der Waals surface area contributed by atoms with Crippen molar-refractivity contribution in [1.82, 2.24) is 4.98 Å². The van der Waals surface area contributed by atoms with Crippen molar-refractivity contribution in [1.29, 1.82) is 0 Å². The topological polar surface area (TPSA) is 59.4 Å². The molecule has 7 heteroatoms. The highest BCUT2D eigenvalue weighted by Gasteiger charge is 2.28. The third kappa shape index (κ3) is 4.84. The largest absolute Gasteiger partial charge is 0.484 e. The van der Waals surface area contributed by atoms with Gasteiger partial charge in [-0.2, -0.15) is 13.2 Å². The molecular weight excluding hydrogens is 359 g/mol. The molecule has 1 heterocycles. The molecule has 0 aliphatic rings. The SMILES string of the molecule is O=C(O)c1cc(-c2ccccc2)nc(-c2ccc(OCC(F)(F)F)cc2)c1. The third-order valence-electron chi connectivity index (χ3n) is 3.69. The number of rotatable bonds is 5. The van der Waals surface area contributed by atoms with Gasteiger partial charge in [-0.25, -0.2) is 9.78 Å². The first kappa shape index (κ1) is 18.4. The molecule has 0 bridgehead atoms. The molecule has 0 amide bonds. The first-order chi connectivity index (χ1) is 12.8. The van der Waals surface area contributed by atoms with E-state index in [2.05, 4.69) is 9.72 Å². The molecule has 0 atom stereocenters. The number of aromatic carboxylic acids is 1. The van der Waals surface area contributed by atoms with Gasteiger partial charge < -0.3 is 9.84 Å². The average Bonchev–Trinajstić information content (AvgIpc) is 2.66. The van der Waals surface area contributed by atoms with Gasteiger partial charge in [0.05, 0.1) is 17.0 Å². The zero-order chi connectivity index (χ0) is 19.4. The predicted molar refractivity (Wildman–Crippen MR) is 93.6 cm³/mol. The van der Waals surface area contributed by atoms with E-state index in [-0.39, 0.29) is 11.3 Å². The molecule has 0 fully saturated rings. The molecule has 0 spiro atoms. The van der Waals surface area contributed by atoms with Gasteiger partial charge in [-0.05, 0) is 36.4 Å². The summed E-state index contributed by atoms with van der Waals surface area (Å²) in [5.74, 6) is -1.03. The van der Waals surface area contributed by atoms with Crippen molar-refractivity contribution in [3.8, 4) is 28.3 Å². The zero-order valence-electron chi connectivity index (χ0n) is 13.9. The molecule has 2 aromatic carbocycles. The fourth-order valence-electron chi connectivity index (χ4n) is 2.45. The van der Waals surface area contributed by atoms with E-state index < -0.39 is 18.8 Å². The number of nitrogens with zero attached hydrogens (tertiary/aromatic N) is 1. The number of carboxylic acid groups (broad SMARTS) is 1. The van der Waals surface area contributed by atoms with Crippen molar-refractivity contribution in [2.24, 2.45) is 0 Å². The molecule has 138 valence electrons. The lowest BCUT2D eigenvalue weighted by Crippen LogP contribution is -2.19. The maximum absolute atomic E-state index is 12.2. The zero-order valence-corrected chi connectivity index (χ0v) is 13.9. The highest BCUT2D eigenvalue weighted by Crippen LogP contribution is 2.27. The number of carbonyl (C=O) groups is 1. The Labute approximate surface area is 152 Å². The van der Waals surface area contributed by atoms with Crippen LogP contribution in [0.3, 0.4) is 0 Å². The van der Waals surface area contributed by atoms with E-state index in [0.29, 0.717) is 17.0 Å². The van der Waals surface area contributed by atoms with Crippen LogP contribution in [0.1, 0.15) is 10.4 Å². The molecule has 1 N–H and O–H groups in total. The highest BCUT2D eigenvalue weighted by molar-refractivity contribution is 5.90. The maximum atomic E-state index is 12.2. The van der Waals surface area contributed by atoms with Gasteiger partial charge in [-0.15, -0.1) is 0 Å². The van der Waals surface area contributed by atoms with Gasteiger partial charge in [0.1, 0.15) is 5.75 Å². The number of aromatic nitrogens is 1. The molecule has 1 aromatic heterocycles. The molecular formula is C20H14F3NO3. The minimum atomic E-state index is -4.42. The number of ether oxygens (including phenoxy) is 1. The van der Waals surface area contributed by atoms with Crippen molar-refractivity contribution < 1.29 is 27.8 Å². The summed E-state index contributed by atoms with van der Waals surface area (Å²) >= 11 is 0. The summed E-state index contributed by atoms with van der Waals surface area (Å²) in [4.78, 5) is 15.9. The summed E-state index contributed by atoms with van der Waals surface area (Å²) in [6.07, 6.45) is -4.42. The highest BCUT2D eigenvalue weighted by atomic mass is 19.4. The van der Waals surface area contributed by atoms with Crippen molar-refractivity contribution in [3.05, 3.63) is 72.3 Å². The lowest BCUT2D eigenvalue weighted by atomic mass is 10.0. The number of hydrogen-bond acceptors (Lipinski definition) is 3. The van der Waals surface area contributed by atoms with Crippen LogP contribution in [0.5, 0.6) is 5.75 Å². The average molecular weight is 373 g/mol. The Kier molecular flexibility index (Phi) is 5.12. The number of halogens is 3. The van der Waals surface area contributed by atoms with Crippen LogP contribution in [-0.4, -0.2) is 28.8 Å². The molecule has 3 aromatic rings. The monoisotopic (exact) mass is 373 g/mol. The van der Waals surface area contributed by atoms with E-state index in [1.807, 2.05) is 30.3 Å². The van der Waals surface area contributed by atoms with E-state index in [4.69, 9.17) is 0 Å². The number of hydrogen-bond donors (Lipinski definition) is 1. The van der Waals surface area contributed by atoms with Crippen LogP contribution in [0.2, 0.25) is 0 Å². The summed E-state index contributed by atoms with van der Waals surface area (Å²) in [5.41, 5.74) is 2.27. The van der Waals surface area contributed by atoms with Gasteiger partial charge >= 0.3 is 12.1 Å². The minimum Gasteiger partial charge on any atom is -0.484 e. The molecule has 0 radical (unpaired) electrons. The Bertz CT molecular complexity index is 939. The molecule has 27 heavy (non-hydrogen) atoms. The first-order valence-corrected chi connectivity index (χ1v) is 7.92. The lowest BCUT2D eigenvalue weighted by molar-refractivity contribution is -0.153. The predicted octanol–water partition coefficient (Wildman–Crippen LogP) is 5.05. The Morgan fingerprint density at radius 3 is 2.00 bits per heavy atom. The van der Waals surface area contributed by atoms with Crippen molar-refractivity contribution in [3.63, 3.8) is 0 Å². The Morgan fingerprint density at radius 1 is 0.926 bits per heavy atom. The summed E-state index contributed by atoms with van der Waals surface area (Å²) < 4.78 is 41.3. The van der Waals surface area contributed by atoms with E-state index >= 15 is 0 Å². The van der Waals surface area contributed by atoms with Gasteiger partial charge in [-0.1, -0.05) is 30.3 Å². The van der Waals surface area contributed by atoms with E-state index in [0.717, 1.165) is 5.56 Å². The van der Waals surface area contributed by atoms with Crippen molar-refractivity contribution >= 4 is 5.97 Å². The van der Waals surface area contributed by atoms with Crippen LogP contribution < -0.4 is 4.74 Å².